The van der Waals surface area contributed by atoms with E-state index in [0.717, 1.165) is 13.0 Å². The van der Waals surface area contributed by atoms with E-state index in [1.54, 1.807) is 6.20 Å². The maximum atomic E-state index is 8.25. The van der Waals surface area contributed by atoms with Crippen molar-refractivity contribution in [2.24, 2.45) is 0 Å². The second kappa shape index (κ2) is 5.17. The second-order valence-electron chi connectivity index (χ2n) is 1.81. The monoisotopic (exact) mass is 124 g/mol. The lowest BCUT2D eigenvalue weighted by molar-refractivity contribution is 0.420. The fourth-order valence-corrected chi connectivity index (χ4v) is 0.613. The van der Waals surface area contributed by atoms with Gasteiger partial charge < -0.3 is 4.90 Å². The molecule has 0 aliphatic rings. The summed E-state index contributed by atoms with van der Waals surface area (Å²) in [5.41, 5.74) is 0. The zero-order valence-corrected chi connectivity index (χ0v) is 5.80. The van der Waals surface area contributed by atoms with Gasteiger partial charge >= 0.3 is 0 Å². The third-order valence-electron chi connectivity index (χ3n) is 1.04. The Morgan fingerprint density at radius 3 is 2.78 bits per heavy atom. The molecular formula is C7H12N2. The molecule has 0 aromatic heterocycles. The van der Waals surface area contributed by atoms with Gasteiger partial charge in [0.25, 0.3) is 0 Å². The second-order valence-corrected chi connectivity index (χ2v) is 1.81. The van der Waals surface area contributed by atoms with E-state index in [9.17, 15) is 0 Å². The molecule has 50 valence electrons. The Kier molecular flexibility index (Phi) is 4.61. The summed E-state index contributed by atoms with van der Waals surface area (Å²) in [6, 6.07) is 2.06. The van der Waals surface area contributed by atoms with Gasteiger partial charge in [0, 0.05) is 6.54 Å². The Morgan fingerprint density at radius 1 is 1.78 bits per heavy atom. The van der Waals surface area contributed by atoms with Crippen molar-refractivity contribution in [2.45, 2.75) is 13.3 Å². The summed E-state index contributed by atoms with van der Waals surface area (Å²) < 4.78 is 0. The molecule has 0 N–H and O–H groups in total. The summed E-state index contributed by atoms with van der Waals surface area (Å²) in [5.74, 6) is 0. The fraction of sp³-hybridized carbons (Fsp3) is 0.571. The average Bonchev–Trinajstić information content (AvgIpc) is 1.88. The third-order valence-corrected chi connectivity index (χ3v) is 1.04. The minimum atomic E-state index is 0.456. The first-order valence-corrected chi connectivity index (χ1v) is 3.08. The van der Waals surface area contributed by atoms with Crippen molar-refractivity contribution in [1.82, 2.24) is 4.90 Å². The standard InChI is InChI=1S/C7H12N2/c1-3-6-9(4-2)7-5-8/h4H,2-3,6-7H2,1H3. The van der Waals surface area contributed by atoms with E-state index in [-0.39, 0.29) is 0 Å². The van der Waals surface area contributed by atoms with E-state index in [2.05, 4.69) is 19.6 Å². The highest BCUT2D eigenvalue weighted by molar-refractivity contribution is 4.81. The van der Waals surface area contributed by atoms with E-state index in [4.69, 9.17) is 5.26 Å². The van der Waals surface area contributed by atoms with E-state index < -0.39 is 0 Å². The highest BCUT2D eigenvalue weighted by Crippen LogP contribution is 1.88. The number of nitriles is 1. The molecule has 0 bridgehead atoms. The molecule has 0 saturated heterocycles. The van der Waals surface area contributed by atoms with Crippen molar-refractivity contribution in [3.63, 3.8) is 0 Å². The van der Waals surface area contributed by atoms with Crippen LogP contribution >= 0.6 is 0 Å². The lowest BCUT2D eigenvalue weighted by Crippen LogP contribution is -2.17. The van der Waals surface area contributed by atoms with Crippen molar-refractivity contribution in [3.05, 3.63) is 12.8 Å². The lowest BCUT2D eigenvalue weighted by Gasteiger charge is -2.13. The van der Waals surface area contributed by atoms with Crippen LogP contribution in [0.4, 0.5) is 0 Å². The van der Waals surface area contributed by atoms with Gasteiger partial charge in [0.1, 0.15) is 6.54 Å². The van der Waals surface area contributed by atoms with E-state index in [0.29, 0.717) is 6.54 Å². The Balaban J connectivity index is 3.44. The summed E-state index contributed by atoms with van der Waals surface area (Å²) >= 11 is 0. The number of hydrogen-bond donors (Lipinski definition) is 0. The first-order chi connectivity index (χ1) is 4.35. The van der Waals surface area contributed by atoms with Crippen LogP contribution in [0, 0.1) is 11.3 Å². The minimum Gasteiger partial charge on any atom is -0.365 e. The minimum absolute atomic E-state index is 0.456. The predicted octanol–water partition coefficient (Wildman–Crippen LogP) is 1.37. The van der Waals surface area contributed by atoms with Crippen molar-refractivity contribution in [2.75, 3.05) is 13.1 Å². The van der Waals surface area contributed by atoms with Crippen LogP contribution in [0.5, 0.6) is 0 Å². The van der Waals surface area contributed by atoms with Gasteiger partial charge in [-0.25, -0.2) is 0 Å². The molecule has 0 unspecified atom stereocenters. The van der Waals surface area contributed by atoms with Crippen molar-refractivity contribution in [3.8, 4) is 6.07 Å². The Morgan fingerprint density at radius 2 is 2.44 bits per heavy atom. The largest absolute Gasteiger partial charge is 0.365 e. The van der Waals surface area contributed by atoms with Crippen LogP contribution in [0.15, 0.2) is 12.8 Å². The first-order valence-electron chi connectivity index (χ1n) is 3.08. The third kappa shape index (κ3) is 3.60. The molecular weight excluding hydrogens is 112 g/mol. The first kappa shape index (κ1) is 8.03. The number of nitrogens with zero attached hydrogens (tertiary/aromatic N) is 2. The van der Waals surface area contributed by atoms with Gasteiger partial charge in [-0.05, 0) is 12.6 Å². The van der Waals surface area contributed by atoms with Gasteiger partial charge in [-0.1, -0.05) is 13.5 Å². The molecule has 0 radical (unpaired) electrons. The molecule has 0 aliphatic carbocycles. The molecule has 9 heavy (non-hydrogen) atoms. The van der Waals surface area contributed by atoms with Crippen LogP contribution in [-0.2, 0) is 0 Å². The molecule has 0 saturated carbocycles. The van der Waals surface area contributed by atoms with Crippen LogP contribution in [-0.4, -0.2) is 18.0 Å². The quantitative estimate of drug-likeness (QED) is 0.529. The Labute approximate surface area is 56.4 Å². The van der Waals surface area contributed by atoms with Gasteiger partial charge in [-0.3, -0.25) is 0 Å². The summed E-state index contributed by atoms with van der Waals surface area (Å²) in [6.07, 6.45) is 2.76. The van der Waals surface area contributed by atoms with Crippen LogP contribution in [0.2, 0.25) is 0 Å². The molecule has 0 atom stereocenters. The molecule has 2 heteroatoms. The molecule has 2 nitrogen and oxygen atoms in total. The molecule has 0 fully saturated rings. The lowest BCUT2D eigenvalue weighted by atomic mass is 10.4. The maximum Gasteiger partial charge on any atom is 0.105 e. The molecule has 0 heterocycles. The van der Waals surface area contributed by atoms with E-state index >= 15 is 0 Å². The molecule has 0 amide bonds. The fourth-order valence-electron chi connectivity index (χ4n) is 0.613. The van der Waals surface area contributed by atoms with E-state index in [1.165, 1.54) is 0 Å². The van der Waals surface area contributed by atoms with Crippen LogP contribution in [0.3, 0.4) is 0 Å². The summed E-state index contributed by atoms with van der Waals surface area (Å²) in [7, 11) is 0. The van der Waals surface area contributed by atoms with Crippen molar-refractivity contribution in [1.29, 1.82) is 5.26 Å². The average molecular weight is 124 g/mol. The Bertz CT molecular complexity index is 113. The smallest absolute Gasteiger partial charge is 0.105 e. The number of rotatable bonds is 4. The van der Waals surface area contributed by atoms with E-state index in [1.807, 2.05) is 4.90 Å². The normalized spacial score (nSPS) is 8.00. The SMILES string of the molecule is C=CN(CC#N)CCC. The van der Waals surface area contributed by atoms with Gasteiger partial charge in [0.2, 0.25) is 0 Å². The van der Waals surface area contributed by atoms with Gasteiger partial charge in [-0.15, -0.1) is 0 Å². The van der Waals surface area contributed by atoms with Crippen molar-refractivity contribution >= 4 is 0 Å². The van der Waals surface area contributed by atoms with Gasteiger partial charge in [0.15, 0.2) is 0 Å². The summed E-state index contributed by atoms with van der Waals surface area (Å²) in [5, 5.41) is 8.25. The maximum absolute atomic E-state index is 8.25. The summed E-state index contributed by atoms with van der Waals surface area (Å²) in [6.45, 7) is 7.03. The van der Waals surface area contributed by atoms with Crippen LogP contribution in [0.1, 0.15) is 13.3 Å². The highest BCUT2D eigenvalue weighted by Gasteiger charge is 1.91. The summed E-state index contributed by atoms with van der Waals surface area (Å²) in [4.78, 5) is 1.89. The van der Waals surface area contributed by atoms with Gasteiger partial charge in [0.05, 0.1) is 6.07 Å². The Hall–Kier alpha value is -0.970. The van der Waals surface area contributed by atoms with Gasteiger partial charge in [-0.2, -0.15) is 5.26 Å². The number of hydrogen-bond acceptors (Lipinski definition) is 2. The zero-order valence-electron chi connectivity index (χ0n) is 5.80. The highest BCUT2D eigenvalue weighted by atomic mass is 15.1. The zero-order chi connectivity index (χ0) is 7.11. The molecule has 0 aromatic rings. The molecule has 0 aromatic carbocycles. The molecule has 0 aliphatic heterocycles. The molecule has 0 rings (SSSR count). The van der Waals surface area contributed by atoms with Crippen LogP contribution < -0.4 is 0 Å². The predicted molar refractivity (Wildman–Crippen MR) is 37.7 cm³/mol. The topological polar surface area (TPSA) is 27.0 Å². The van der Waals surface area contributed by atoms with Crippen LogP contribution in [0.25, 0.3) is 0 Å². The van der Waals surface area contributed by atoms with Crippen molar-refractivity contribution < 1.29 is 0 Å². The molecule has 0 spiro atoms.